The molecule has 0 atom stereocenters. The zero-order valence-corrected chi connectivity index (χ0v) is 13.6. The lowest BCUT2D eigenvalue weighted by Gasteiger charge is -2.18. The van der Waals surface area contributed by atoms with Crippen LogP contribution in [0.4, 0.5) is 11.4 Å². The summed E-state index contributed by atoms with van der Waals surface area (Å²) in [4.78, 5) is 25.3. The van der Waals surface area contributed by atoms with Gasteiger partial charge in [-0.25, -0.2) is 0 Å². The van der Waals surface area contributed by atoms with Crippen LogP contribution in [0.3, 0.4) is 0 Å². The standard InChI is InChI=1S/C16H22N2O2S/c1-16(2,3)21-11-14(19)17-12-6-8-13(9-7-12)18-10-4-5-15(18)20/h6-9H,4-5,10-11H2,1-3H3,(H,17,19). The fourth-order valence-corrected chi connectivity index (χ4v) is 2.76. The predicted molar refractivity (Wildman–Crippen MR) is 88.9 cm³/mol. The van der Waals surface area contributed by atoms with Gasteiger partial charge >= 0.3 is 0 Å². The molecule has 1 aromatic rings. The number of anilines is 2. The maximum atomic E-state index is 11.9. The molecule has 1 N–H and O–H groups in total. The van der Waals surface area contributed by atoms with Gasteiger partial charge in [-0.1, -0.05) is 20.8 Å². The van der Waals surface area contributed by atoms with E-state index in [-0.39, 0.29) is 16.6 Å². The van der Waals surface area contributed by atoms with Crippen LogP contribution in [0.5, 0.6) is 0 Å². The highest BCUT2D eigenvalue weighted by Gasteiger charge is 2.21. The van der Waals surface area contributed by atoms with Crippen LogP contribution in [-0.4, -0.2) is 28.9 Å². The summed E-state index contributed by atoms with van der Waals surface area (Å²) in [5, 5.41) is 2.88. The lowest BCUT2D eigenvalue weighted by molar-refractivity contribution is -0.117. The van der Waals surface area contributed by atoms with Crippen LogP contribution in [0.1, 0.15) is 33.6 Å². The first-order valence-electron chi connectivity index (χ1n) is 7.19. The van der Waals surface area contributed by atoms with E-state index in [1.54, 1.807) is 16.7 Å². The molecule has 2 rings (SSSR count). The Morgan fingerprint density at radius 2 is 1.95 bits per heavy atom. The smallest absolute Gasteiger partial charge is 0.234 e. The predicted octanol–water partition coefficient (Wildman–Crippen LogP) is 3.28. The first-order chi connectivity index (χ1) is 9.85. The van der Waals surface area contributed by atoms with Gasteiger partial charge in [0.25, 0.3) is 0 Å². The minimum atomic E-state index is -0.0000705. The summed E-state index contributed by atoms with van der Waals surface area (Å²) < 4.78 is 0.0807. The van der Waals surface area contributed by atoms with Gasteiger partial charge in [-0.2, -0.15) is 0 Å². The second-order valence-corrected chi connectivity index (χ2v) is 7.95. The number of benzene rings is 1. The minimum absolute atomic E-state index is 0.0000705. The highest BCUT2D eigenvalue weighted by Crippen LogP contribution is 2.24. The van der Waals surface area contributed by atoms with Gasteiger partial charge in [0.05, 0.1) is 5.75 Å². The maximum Gasteiger partial charge on any atom is 0.234 e. The van der Waals surface area contributed by atoms with Crippen molar-refractivity contribution in [1.82, 2.24) is 0 Å². The number of thioether (sulfide) groups is 1. The zero-order chi connectivity index (χ0) is 15.5. The van der Waals surface area contributed by atoms with Crippen LogP contribution < -0.4 is 10.2 Å². The molecule has 1 aliphatic rings. The highest BCUT2D eigenvalue weighted by atomic mass is 32.2. The number of carbonyl (C=O) groups is 2. The average molecular weight is 306 g/mol. The van der Waals surface area contributed by atoms with E-state index in [4.69, 9.17) is 0 Å². The Labute approximate surface area is 130 Å². The first kappa shape index (κ1) is 15.9. The second kappa shape index (κ2) is 6.52. The molecule has 5 heteroatoms. The van der Waals surface area contributed by atoms with E-state index < -0.39 is 0 Å². The molecule has 0 saturated carbocycles. The SMILES string of the molecule is CC(C)(C)SCC(=O)Nc1ccc(N2CCCC2=O)cc1. The van der Waals surface area contributed by atoms with Crippen LogP contribution in [0.2, 0.25) is 0 Å². The van der Waals surface area contributed by atoms with Gasteiger partial charge < -0.3 is 10.2 Å². The van der Waals surface area contributed by atoms with Crippen molar-refractivity contribution in [2.45, 2.75) is 38.4 Å². The van der Waals surface area contributed by atoms with Crippen LogP contribution >= 0.6 is 11.8 Å². The molecule has 1 saturated heterocycles. The van der Waals surface area contributed by atoms with Gasteiger partial charge in [-0.3, -0.25) is 9.59 Å². The van der Waals surface area contributed by atoms with Gasteiger partial charge in [-0.15, -0.1) is 11.8 Å². The van der Waals surface area contributed by atoms with E-state index in [0.717, 1.165) is 24.3 Å². The molecular formula is C16H22N2O2S. The van der Waals surface area contributed by atoms with Crippen LogP contribution in [0.15, 0.2) is 24.3 Å². The minimum Gasteiger partial charge on any atom is -0.325 e. The molecule has 114 valence electrons. The number of hydrogen-bond donors (Lipinski definition) is 1. The summed E-state index contributed by atoms with van der Waals surface area (Å²) in [5.41, 5.74) is 1.67. The Morgan fingerprint density at radius 3 is 2.48 bits per heavy atom. The monoisotopic (exact) mass is 306 g/mol. The van der Waals surface area contributed by atoms with E-state index in [2.05, 4.69) is 26.1 Å². The van der Waals surface area contributed by atoms with Crippen molar-refractivity contribution >= 4 is 35.0 Å². The molecule has 1 heterocycles. The van der Waals surface area contributed by atoms with Crippen LogP contribution in [0, 0.1) is 0 Å². The molecule has 0 aliphatic carbocycles. The van der Waals surface area contributed by atoms with Crippen molar-refractivity contribution < 1.29 is 9.59 Å². The Morgan fingerprint density at radius 1 is 1.29 bits per heavy atom. The fraction of sp³-hybridized carbons (Fsp3) is 0.500. The fourth-order valence-electron chi connectivity index (χ4n) is 2.12. The summed E-state index contributed by atoms with van der Waals surface area (Å²) in [6.07, 6.45) is 1.55. The lowest BCUT2D eigenvalue weighted by atomic mass is 10.2. The second-order valence-electron chi connectivity index (χ2n) is 6.15. The molecule has 0 aromatic heterocycles. The quantitative estimate of drug-likeness (QED) is 0.928. The molecule has 1 fully saturated rings. The van der Waals surface area contributed by atoms with E-state index >= 15 is 0 Å². The Hall–Kier alpha value is -1.49. The third-order valence-electron chi connectivity index (χ3n) is 3.17. The largest absolute Gasteiger partial charge is 0.325 e. The van der Waals surface area contributed by atoms with Crippen molar-refractivity contribution in [2.24, 2.45) is 0 Å². The molecule has 0 unspecified atom stereocenters. The van der Waals surface area contributed by atoms with Gasteiger partial charge in [0.1, 0.15) is 0 Å². The van der Waals surface area contributed by atoms with Gasteiger partial charge in [0.15, 0.2) is 0 Å². The van der Waals surface area contributed by atoms with Crippen molar-refractivity contribution in [3.05, 3.63) is 24.3 Å². The van der Waals surface area contributed by atoms with E-state index in [1.807, 2.05) is 24.3 Å². The Bertz CT molecular complexity index is 520. The molecule has 2 amide bonds. The van der Waals surface area contributed by atoms with E-state index in [9.17, 15) is 9.59 Å². The Kier molecular flexibility index (Phi) is 4.93. The first-order valence-corrected chi connectivity index (χ1v) is 8.18. The third kappa shape index (κ3) is 4.77. The number of nitrogens with zero attached hydrogens (tertiary/aromatic N) is 1. The number of nitrogens with one attached hydrogen (secondary N) is 1. The zero-order valence-electron chi connectivity index (χ0n) is 12.8. The summed E-state index contributed by atoms with van der Waals surface area (Å²) in [6, 6.07) is 7.46. The van der Waals surface area contributed by atoms with E-state index in [1.165, 1.54) is 0 Å². The highest BCUT2D eigenvalue weighted by molar-refractivity contribution is 8.01. The topological polar surface area (TPSA) is 49.4 Å². The number of amides is 2. The maximum absolute atomic E-state index is 11.9. The Balaban J connectivity index is 1.90. The summed E-state index contributed by atoms with van der Waals surface area (Å²) >= 11 is 1.62. The van der Waals surface area contributed by atoms with Crippen molar-refractivity contribution in [1.29, 1.82) is 0 Å². The van der Waals surface area contributed by atoms with Crippen molar-refractivity contribution in [3.63, 3.8) is 0 Å². The lowest BCUT2D eigenvalue weighted by Crippen LogP contribution is -2.23. The molecule has 0 radical (unpaired) electrons. The van der Waals surface area contributed by atoms with Crippen LogP contribution in [-0.2, 0) is 9.59 Å². The molecule has 4 nitrogen and oxygen atoms in total. The summed E-state index contributed by atoms with van der Waals surface area (Å²) in [5.74, 6) is 0.615. The van der Waals surface area contributed by atoms with Crippen molar-refractivity contribution in [3.8, 4) is 0 Å². The molecular weight excluding hydrogens is 284 g/mol. The molecule has 21 heavy (non-hydrogen) atoms. The number of hydrogen-bond acceptors (Lipinski definition) is 3. The summed E-state index contributed by atoms with van der Waals surface area (Å²) in [7, 11) is 0. The average Bonchev–Trinajstić information content (AvgIpc) is 2.83. The molecule has 1 aliphatic heterocycles. The molecule has 0 bridgehead atoms. The summed E-state index contributed by atoms with van der Waals surface area (Å²) in [6.45, 7) is 7.05. The van der Waals surface area contributed by atoms with Gasteiger partial charge in [0.2, 0.25) is 11.8 Å². The van der Waals surface area contributed by atoms with Crippen LogP contribution in [0.25, 0.3) is 0 Å². The number of carbonyl (C=O) groups excluding carboxylic acids is 2. The molecule has 1 aromatic carbocycles. The molecule has 0 spiro atoms. The van der Waals surface area contributed by atoms with E-state index in [0.29, 0.717) is 12.2 Å². The normalized spacial score (nSPS) is 15.4. The van der Waals surface area contributed by atoms with Gasteiger partial charge in [-0.05, 0) is 30.7 Å². The van der Waals surface area contributed by atoms with Gasteiger partial charge in [0, 0.05) is 29.1 Å². The third-order valence-corrected chi connectivity index (χ3v) is 4.44. The number of rotatable bonds is 4. The van der Waals surface area contributed by atoms with Crippen molar-refractivity contribution in [2.75, 3.05) is 22.5 Å².